The van der Waals surface area contributed by atoms with E-state index in [-0.39, 0.29) is 5.91 Å². The third kappa shape index (κ3) is 1.84. The van der Waals surface area contributed by atoms with E-state index < -0.39 is 0 Å². The zero-order valence-electron chi connectivity index (χ0n) is 10.3. The van der Waals surface area contributed by atoms with Crippen LogP contribution in [0.3, 0.4) is 0 Å². The number of rotatable bonds is 2. The average Bonchev–Trinajstić information content (AvgIpc) is 2.24. The highest BCUT2D eigenvalue weighted by Crippen LogP contribution is 2.36. The Morgan fingerprint density at radius 3 is 2.88 bits per heavy atom. The van der Waals surface area contributed by atoms with Crippen LogP contribution in [0.5, 0.6) is 0 Å². The maximum Gasteiger partial charge on any atom is 0.227 e. The van der Waals surface area contributed by atoms with Gasteiger partial charge in [-0.25, -0.2) is 0 Å². The molecule has 1 aromatic carbocycles. The molecular weight excluding hydrogens is 198 g/mol. The molecule has 0 saturated carbocycles. The second-order valence-corrected chi connectivity index (χ2v) is 4.71. The number of hydrogen-bond acceptors (Lipinski definition) is 1. The van der Waals surface area contributed by atoms with Gasteiger partial charge in [0.1, 0.15) is 0 Å². The van der Waals surface area contributed by atoms with Crippen LogP contribution in [0, 0.1) is 6.92 Å². The van der Waals surface area contributed by atoms with Gasteiger partial charge in [0.25, 0.3) is 0 Å². The molecule has 0 saturated heterocycles. The summed E-state index contributed by atoms with van der Waals surface area (Å²) in [6, 6.07) is 6.40. The largest absolute Gasteiger partial charge is 0.312 e. The van der Waals surface area contributed by atoms with E-state index in [1.165, 1.54) is 11.1 Å². The number of benzene rings is 1. The summed E-state index contributed by atoms with van der Waals surface area (Å²) < 4.78 is 0. The highest BCUT2D eigenvalue weighted by Gasteiger charge is 2.27. The molecule has 0 bridgehead atoms. The summed E-state index contributed by atoms with van der Waals surface area (Å²) in [5.74, 6) is 0.626. The zero-order valence-corrected chi connectivity index (χ0v) is 10.3. The van der Waals surface area contributed by atoms with Gasteiger partial charge in [0.2, 0.25) is 5.91 Å². The third-order valence-corrected chi connectivity index (χ3v) is 3.23. The lowest BCUT2D eigenvalue weighted by Crippen LogP contribution is -2.36. The number of carbonyl (C=O) groups excluding carboxylic acids is 1. The van der Waals surface area contributed by atoms with Crippen LogP contribution in [-0.4, -0.2) is 12.5 Å². The number of carbonyl (C=O) groups is 1. The number of fused-ring (bicyclic) bond motifs is 1. The van der Waals surface area contributed by atoms with E-state index in [1.54, 1.807) is 0 Å². The third-order valence-electron chi connectivity index (χ3n) is 3.23. The SMILES string of the molecule is CCCN1C(=O)CC(C)c2cc(C)ccc21. The van der Waals surface area contributed by atoms with Gasteiger partial charge in [0, 0.05) is 18.7 Å². The minimum Gasteiger partial charge on any atom is -0.312 e. The molecule has 1 heterocycles. The maximum atomic E-state index is 12.0. The van der Waals surface area contributed by atoms with E-state index in [1.807, 2.05) is 4.90 Å². The lowest BCUT2D eigenvalue weighted by atomic mass is 9.90. The summed E-state index contributed by atoms with van der Waals surface area (Å²) in [6.07, 6.45) is 1.66. The van der Waals surface area contributed by atoms with Crippen LogP contribution in [0.25, 0.3) is 0 Å². The minimum absolute atomic E-state index is 0.269. The summed E-state index contributed by atoms with van der Waals surface area (Å²) in [5, 5.41) is 0. The standard InChI is InChI=1S/C14H19NO/c1-4-7-15-13-6-5-10(2)8-12(13)11(3)9-14(15)16/h5-6,8,11H,4,7,9H2,1-3H3. The Kier molecular flexibility index (Phi) is 2.99. The molecule has 16 heavy (non-hydrogen) atoms. The molecule has 0 spiro atoms. The van der Waals surface area contributed by atoms with Gasteiger partial charge in [-0.3, -0.25) is 4.79 Å². The van der Waals surface area contributed by atoms with Gasteiger partial charge in [0.05, 0.1) is 0 Å². The molecule has 0 aromatic heterocycles. The van der Waals surface area contributed by atoms with Crippen molar-refractivity contribution in [3.63, 3.8) is 0 Å². The van der Waals surface area contributed by atoms with Crippen LogP contribution in [0.1, 0.15) is 43.7 Å². The molecule has 1 atom stereocenters. The molecule has 2 nitrogen and oxygen atoms in total. The monoisotopic (exact) mass is 217 g/mol. The van der Waals surface area contributed by atoms with Crippen molar-refractivity contribution >= 4 is 11.6 Å². The topological polar surface area (TPSA) is 20.3 Å². The van der Waals surface area contributed by atoms with Crippen molar-refractivity contribution in [1.29, 1.82) is 0 Å². The Morgan fingerprint density at radius 2 is 2.19 bits per heavy atom. The molecule has 0 radical (unpaired) electrons. The fraction of sp³-hybridized carbons (Fsp3) is 0.500. The van der Waals surface area contributed by atoms with Crippen molar-refractivity contribution < 1.29 is 4.79 Å². The van der Waals surface area contributed by atoms with Gasteiger partial charge >= 0.3 is 0 Å². The van der Waals surface area contributed by atoms with Crippen molar-refractivity contribution in [2.75, 3.05) is 11.4 Å². The Morgan fingerprint density at radius 1 is 1.44 bits per heavy atom. The van der Waals surface area contributed by atoms with Gasteiger partial charge in [0.15, 0.2) is 0 Å². The highest BCUT2D eigenvalue weighted by molar-refractivity contribution is 5.97. The lowest BCUT2D eigenvalue weighted by Gasteiger charge is -2.32. The molecule has 2 rings (SSSR count). The first-order chi connectivity index (χ1) is 7.63. The fourth-order valence-electron chi connectivity index (χ4n) is 2.40. The predicted molar refractivity (Wildman–Crippen MR) is 66.9 cm³/mol. The molecule has 1 unspecified atom stereocenters. The number of aryl methyl sites for hydroxylation is 1. The second-order valence-electron chi connectivity index (χ2n) is 4.71. The molecule has 1 aromatic rings. The fourth-order valence-corrected chi connectivity index (χ4v) is 2.40. The Labute approximate surface area is 97.3 Å². The summed E-state index contributed by atoms with van der Waals surface area (Å²) >= 11 is 0. The van der Waals surface area contributed by atoms with Crippen LogP contribution < -0.4 is 4.90 Å². The summed E-state index contributed by atoms with van der Waals surface area (Å²) in [4.78, 5) is 13.9. The van der Waals surface area contributed by atoms with E-state index in [2.05, 4.69) is 39.0 Å². The highest BCUT2D eigenvalue weighted by atomic mass is 16.2. The molecular formula is C14H19NO. The smallest absolute Gasteiger partial charge is 0.227 e. The normalized spacial score (nSPS) is 19.8. The van der Waals surface area contributed by atoms with Crippen LogP contribution in [-0.2, 0) is 4.79 Å². The van der Waals surface area contributed by atoms with Crippen molar-refractivity contribution in [3.8, 4) is 0 Å². The Hall–Kier alpha value is -1.31. The van der Waals surface area contributed by atoms with E-state index >= 15 is 0 Å². The second kappa shape index (κ2) is 4.28. The average molecular weight is 217 g/mol. The van der Waals surface area contributed by atoms with E-state index in [0.717, 1.165) is 18.7 Å². The first-order valence-electron chi connectivity index (χ1n) is 6.04. The first-order valence-corrected chi connectivity index (χ1v) is 6.04. The molecule has 0 fully saturated rings. The van der Waals surface area contributed by atoms with Crippen LogP contribution in [0.15, 0.2) is 18.2 Å². The lowest BCUT2D eigenvalue weighted by molar-refractivity contribution is -0.119. The van der Waals surface area contributed by atoms with Crippen molar-refractivity contribution in [2.24, 2.45) is 0 Å². The molecule has 86 valence electrons. The van der Waals surface area contributed by atoms with Crippen LogP contribution in [0.2, 0.25) is 0 Å². The van der Waals surface area contributed by atoms with Crippen LogP contribution >= 0.6 is 0 Å². The maximum absolute atomic E-state index is 12.0. The summed E-state index contributed by atoms with van der Waals surface area (Å²) in [6.45, 7) is 7.19. The molecule has 1 aliphatic rings. The van der Waals surface area contributed by atoms with E-state index in [9.17, 15) is 4.79 Å². The van der Waals surface area contributed by atoms with Gasteiger partial charge < -0.3 is 4.90 Å². The first kappa shape index (κ1) is 11.2. The molecule has 0 aliphatic carbocycles. The predicted octanol–water partition coefficient (Wildman–Crippen LogP) is 3.25. The Bertz CT molecular complexity index is 411. The molecule has 1 aliphatic heterocycles. The van der Waals surface area contributed by atoms with Crippen LogP contribution in [0.4, 0.5) is 5.69 Å². The van der Waals surface area contributed by atoms with Gasteiger partial charge in [-0.2, -0.15) is 0 Å². The van der Waals surface area contributed by atoms with Gasteiger partial charge in [-0.05, 0) is 30.9 Å². The molecule has 1 amide bonds. The van der Waals surface area contributed by atoms with Gasteiger partial charge in [-0.1, -0.05) is 31.5 Å². The number of nitrogens with zero attached hydrogens (tertiary/aromatic N) is 1. The number of amides is 1. The van der Waals surface area contributed by atoms with Crippen molar-refractivity contribution in [1.82, 2.24) is 0 Å². The van der Waals surface area contributed by atoms with Crippen molar-refractivity contribution in [3.05, 3.63) is 29.3 Å². The minimum atomic E-state index is 0.269. The zero-order chi connectivity index (χ0) is 11.7. The summed E-state index contributed by atoms with van der Waals surface area (Å²) in [7, 11) is 0. The quantitative estimate of drug-likeness (QED) is 0.744. The van der Waals surface area contributed by atoms with E-state index in [0.29, 0.717) is 12.3 Å². The number of hydrogen-bond donors (Lipinski definition) is 0. The van der Waals surface area contributed by atoms with Gasteiger partial charge in [-0.15, -0.1) is 0 Å². The number of anilines is 1. The molecule has 2 heteroatoms. The molecule has 0 N–H and O–H groups in total. The van der Waals surface area contributed by atoms with Crippen molar-refractivity contribution in [2.45, 2.75) is 39.5 Å². The van der Waals surface area contributed by atoms with E-state index in [4.69, 9.17) is 0 Å². The Balaban J connectivity index is 2.46. The summed E-state index contributed by atoms with van der Waals surface area (Å²) in [5.41, 5.74) is 3.72.